The van der Waals surface area contributed by atoms with Crippen molar-refractivity contribution in [2.75, 3.05) is 13.7 Å². The van der Waals surface area contributed by atoms with Crippen LogP contribution < -0.4 is 5.73 Å². The number of benzene rings is 1. The molecule has 114 valence electrons. The van der Waals surface area contributed by atoms with Crippen LogP contribution in [0.15, 0.2) is 30.3 Å². The van der Waals surface area contributed by atoms with Crippen molar-refractivity contribution >= 4 is 6.09 Å². The van der Waals surface area contributed by atoms with Crippen LogP contribution in [0.2, 0.25) is 0 Å². The quantitative estimate of drug-likeness (QED) is 0.787. The molecule has 1 amide bonds. The number of amides is 1. The highest BCUT2D eigenvalue weighted by Gasteiger charge is 2.56. The van der Waals surface area contributed by atoms with Gasteiger partial charge in [-0.2, -0.15) is 0 Å². The number of carbonyl (C=O) groups excluding carboxylic acids is 1. The molecule has 6 nitrogen and oxygen atoms in total. The Morgan fingerprint density at radius 2 is 2.19 bits per heavy atom. The number of ether oxygens (including phenoxy) is 4. The zero-order chi connectivity index (χ0) is 14.8. The van der Waals surface area contributed by atoms with Crippen molar-refractivity contribution < 1.29 is 23.7 Å². The Morgan fingerprint density at radius 1 is 1.43 bits per heavy atom. The normalized spacial score (nSPS) is 29.5. The van der Waals surface area contributed by atoms with E-state index >= 15 is 0 Å². The largest absolute Gasteiger partial charge is 0.443 e. The minimum Gasteiger partial charge on any atom is -0.443 e. The minimum atomic E-state index is -0.816. The predicted molar refractivity (Wildman–Crippen MR) is 73.8 cm³/mol. The number of epoxide rings is 1. The summed E-state index contributed by atoms with van der Waals surface area (Å²) >= 11 is 0. The Bertz CT molecular complexity index is 494. The van der Waals surface area contributed by atoms with Gasteiger partial charge in [0.25, 0.3) is 0 Å². The van der Waals surface area contributed by atoms with Crippen molar-refractivity contribution in [3.8, 4) is 0 Å². The molecule has 0 spiro atoms. The lowest BCUT2D eigenvalue weighted by atomic mass is 9.98. The van der Waals surface area contributed by atoms with E-state index in [9.17, 15) is 4.79 Å². The van der Waals surface area contributed by atoms with E-state index < -0.39 is 18.3 Å². The van der Waals surface area contributed by atoms with Crippen molar-refractivity contribution in [2.45, 2.75) is 36.9 Å². The average molecular weight is 293 g/mol. The second kappa shape index (κ2) is 6.01. The molecule has 1 aromatic carbocycles. The number of hydrogen-bond acceptors (Lipinski definition) is 5. The molecule has 2 heterocycles. The van der Waals surface area contributed by atoms with Gasteiger partial charge in [0.15, 0.2) is 0 Å². The molecule has 6 heteroatoms. The fourth-order valence-corrected chi connectivity index (χ4v) is 2.88. The maximum absolute atomic E-state index is 11.2. The van der Waals surface area contributed by atoms with E-state index in [1.807, 2.05) is 30.3 Å². The van der Waals surface area contributed by atoms with Gasteiger partial charge in [0.05, 0.1) is 6.61 Å². The highest BCUT2D eigenvalue weighted by molar-refractivity contribution is 5.64. The average Bonchev–Trinajstić information content (AvgIpc) is 3.14. The van der Waals surface area contributed by atoms with E-state index in [0.29, 0.717) is 13.0 Å². The maximum atomic E-state index is 11.2. The number of hydrogen-bond donors (Lipinski definition) is 1. The van der Waals surface area contributed by atoms with Crippen molar-refractivity contribution in [3.63, 3.8) is 0 Å². The fourth-order valence-electron chi connectivity index (χ4n) is 2.88. The van der Waals surface area contributed by atoms with E-state index in [2.05, 4.69) is 0 Å². The lowest BCUT2D eigenvalue weighted by molar-refractivity contribution is -0.112. The van der Waals surface area contributed by atoms with Gasteiger partial charge in [-0.3, -0.25) is 0 Å². The van der Waals surface area contributed by atoms with Crippen LogP contribution in [0.4, 0.5) is 4.79 Å². The zero-order valence-electron chi connectivity index (χ0n) is 11.8. The Hall–Kier alpha value is -1.63. The molecule has 21 heavy (non-hydrogen) atoms. The molecule has 0 bridgehead atoms. The lowest BCUT2D eigenvalue weighted by Crippen LogP contribution is -2.46. The van der Waals surface area contributed by atoms with Crippen molar-refractivity contribution in [2.24, 2.45) is 5.73 Å². The first-order chi connectivity index (χ1) is 10.2. The first kappa shape index (κ1) is 14.3. The van der Waals surface area contributed by atoms with E-state index in [0.717, 1.165) is 5.56 Å². The Labute approximate surface area is 123 Å². The molecule has 2 aliphatic rings. The summed E-state index contributed by atoms with van der Waals surface area (Å²) in [5.41, 5.74) is 6.23. The zero-order valence-corrected chi connectivity index (χ0v) is 11.8. The standard InChI is InChI=1S/C15H19NO5/c1-18-12(14-13-11(20-13)8-19-14)10(21-15(16)17)7-9-5-3-2-4-6-9/h2-6,10-14H,7-8H2,1H3,(H2,16,17)/t10?,11-,12?,13-,14-/m1/s1. The summed E-state index contributed by atoms with van der Waals surface area (Å²) < 4.78 is 22.0. The molecule has 1 aromatic rings. The minimum absolute atomic E-state index is 0.0321. The van der Waals surface area contributed by atoms with Gasteiger partial charge in [-0.05, 0) is 5.56 Å². The van der Waals surface area contributed by atoms with Crippen LogP contribution in [0, 0.1) is 0 Å². The van der Waals surface area contributed by atoms with E-state index in [1.54, 1.807) is 7.11 Å². The molecule has 3 rings (SSSR count). The summed E-state index contributed by atoms with van der Waals surface area (Å²) in [6.45, 7) is 0.559. The smallest absolute Gasteiger partial charge is 0.404 e. The topological polar surface area (TPSA) is 83.3 Å². The molecular formula is C15H19NO5. The predicted octanol–water partition coefficient (Wildman–Crippen LogP) is 0.874. The van der Waals surface area contributed by atoms with Crippen molar-refractivity contribution in [1.29, 1.82) is 0 Å². The SMILES string of the molecule is COC(C(Cc1ccccc1)OC(N)=O)[C@H]1OC[C@H]2O[C@@H]12. The van der Waals surface area contributed by atoms with Gasteiger partial charge < -0.3 is 24.7 Å². The Morgan fingerprint density at radius 3 is 2.71 bits per heavy atom. The molecule has 2 saturated heterocycles. The molecule has 0 saturated carbocycles. The molecule has 2 aliphatic heterocycles. The van der Waals surface area contributed by atoms with Crippen LogP contribution >= 0.6 is 0 Å². The van der Waals surface area contributed by atoms with Gasteiger partial charge in [-0.25, -0.2) is 4.79 Å². The summed E-state index contributed by atoms with van der Waals surface area (Å²) in [6.07, 6.45) is -1.27. The second-order valence-electron chi connectivity index (χ2n) is 5.30. The summed E-state index contributed by atoms with van der Waals surface area (Å²) in [7, 11) is 1.58. The van der Waals surface area contributed by atoms with Gasteiger partial charge in [0, 0.05) is 13.5 Å². The van der Waals surface area contributed by atoms with E-state index in [4.69, 9.17) is 24.7 Å². The number of fused-ring (bicyclic) bond motifs is 1. The summed E-state index contributed by atoms with van der Waals surface area (Å²) in [6, 6.07) is 9.74. The highest BCUT2D eigenvalue weighted by Crippen LogP contribution is 2.37. The number of primary amides is 1. The van der Waals surface area contributed by atoms with Crippen LogP contribution in [-0.4, -0.2) is 50.3 Å². The van der Waals surface area contributed by atoms with Crippen LogP contribution in [0.1, 0.15) is 5.56 Å². The molecule has 0 radical (unpaired) electrons. The number of nitrogens with two attached hydrogens (primary N) is 1. The first-order valence-corrected chi connectivity index (χ1v) is 6.99. The third-order valence-corrected chi connectivity index (χ3v) is 3.91. The lowest BCUT2D eigenvalue weighted by Gasteiger charge is -2.29. The Kier molecular flexibility index (Phi) is 4.10. The third-order valence-electron chi connectivity index (χ3n) is 3.91. The molecular weight excluding hydrogens is 274 g/mol. The first-order valence-electron chi connectivity index (χ1n) is 6.99. The maximum Gasteiger partial charge on any atom is 0.404 e. The van der Waals surface area contributed by atoms with E-state index in [-0.39, 0.29) is 18.3 Å². The van der Waals surface area contributed by atoms with Gasteiger partial charge >= 0.3 is 6.09 Å². The summed E-state index contributed by atoms with van der Waals surface area (Å²) in [5.74, 6) is 0. The fraction of sp³-hybridized carbons (Fsp3) is 0.533. The van der Waals surface area contributed by atoms with Crippen molar-refractivity contribution in [1.82, 2.24) is 0 Å². The van der Waals surface area contributed by atoms with Crippen LogP contribution in [0.25, 0.3) is 0 Å². The Balaban J connectivity index is 1.74. The highest BCUT2D eigenvalue weighted by atomic mass is 16.7. The molecule has 0 aromatic heterocycles. The van der Waals surface area contributed by atoms with Crippen molar-refractivity contribution in [3.05, 3.63) is 35.9 Å². The summed E-state index contributed by atoms with van der Waals surface area (Å²) in [5, 5.41) is 0. The molecule has 5 atom stereocenters. The monoisotopic (exact) mass is 293 g/mol. The van der Waals surface area contributed by atoms with Crippen LogP contribution in [0.5, 0.6) is 0 Å². The van der Waals surface area contributed by atoms with Crippen LogP contribution in [0.3, 0.4) is 0 Å². The second-order valence-corrected chi connectivity index (χ2v) is 5.30. The van der Waals surface area contributed by atoms with E-state index in [1.165, 1.54) is 0 Å². The number of rotatable bonds is 6. The molecule has 2 fully saturated rings. The molecule has 0 aliphatic carbocycles. The van der Waals surface area contributed by atoms with Gasteiger partial charge in [0.2, 0.25) is 0 Å². The third kappa shape index (κ3) is 3.18. The van der Waals surface area contributed by atoms with Gasteiger partial charge in [-0.15, -0.1) is 0 Å². The van der Waals surface area contributed by atoms with Crippen LogP contribution in [-0.2, 0) is 25.4 Å². The molecule has 2 unspecified atom stereocenters. The molecule has 2 N–H and O–H groups in total. The van der Waals surface area contributed by atoms with Gasteiger partial charge in [0.1, 0.15) is 30.5 Å². The summed E-state index contributed by atoms with van der Waals surface area (Å²) in [4.78, 5) is 11.2. The number of methoxy groups -OCH3 is 1. The van der Waals surface area contributed by atoms with Gasteiger partial charge in [-0.1, -0.05) is 30.3 Å². The number of carbonyl (C=O) groups is 1.